The van der Waals surface area contributed by atoms with Crippen molar-refractivity contribution in [2.75, 3.05) is 5.32 Å². The van der Waals surface area contributed by atoms with E-state index < -0.39 is 0 Å². The van der Waals surface area contributed by atoms with Gasteiger partial charge in [-0.15, -0.1) is 10.2 Å². The van der Waals surface area contributed by atoms with E-state index in [1.165, 1.54) is 11.3 Å². The molecule has 2 aromatic heterocycles. The lowest BCUT2D eigenvalue weighted by Crippen LogP contribution is -2.34. The molecule has 0 atom stereocenters. The molecule has 1 amide bonds. The Morgan fingerprint density at radius 3 is 2.71 bits per heavy atom. The number of carbonyl (C=O) groups is 1. The van der Waals surface area contributed by atoms with E-state index in [1.807, 2.05) is 45.0 Å². The Bertz CT molecular complexity index is 1310. The van der Waals surface area contributed by atoms with E-state index in [0.717, 1.165) is 44.6 Å². The van der Waals surface area contributed by atoms with Crippen molar-refractivity contribution in [1.29, 1.82) is 0 Å². The average molecular weight is 471 g/mol. The minimum atomic E-state index is -0.358. The van der Waals surface area contributed by atoms with Gasteiger partial charge in [0.15, 0.2) is 10.9 Å². The number of hydrogen-bond donors (Lipinski definition) is 2. The number of halogens is 1. The smallest absolute Gasteiger partial charge is 0.258 e. The van der Waals surface area contributed by atoms with Gasteiger partial charge >= 0.3 is 0 Å². The normalized spacial score (nSPS) is 11.0. The number of nitrogens with one attached hydrogen (secondary N) is 2. The summed E-state index contributed by atoms with van der Waals surface area (Å²) in [5, 5.41) is 20.1. The van der Waals surface area contributed by atoms with Gasteiger partial charge < -0.3 is 5.32 Å². The SMILES string of the molecule is CCc1nnc2sc(-c3ccc(NC(=S)NC(=O)c4ccc(C)cc4Cl)c(C)c3)nn12. The third-order valence-electron chi connectivity index (χ3n) is 4.69. The highest BCUT2D eigenvalue weighted by Crippen LogP contribution is 2.29. The number of nitrogens with zero attached hydrogens (tertiary/aromatic N) is 4. The molecule has 10 heteroatoms. The van der Waals surface area contributed by atoms with E-state index in [1.54, 1.807) is 16.6 Å². The lowest BCUT2D eigenvalue weighted by atomic mass is 10.1. The topological polar surface area (TPSA) is 84.2 Å². The van der Waals surface area contributed by atoms with Crippen LogP contribution in [0.5, 0.6) is 0 Å². The fourth-order valence-corrected chi connectivity index (χ4v) is 4.44. The number of anilines is 1. The van der Waals surface area contributed by atoms with Crippen molar-refractivity contribution >= 4 is 56.8 Å². The molecule has 0 spiro atoms. The van der Waals surface area contributed by atoms with Gasteiger partial charge in [0.1, 0.15) is 5.01 Å². The average Bonchev–Trinajstić information content (AvgIpc) is 3.30. The van der Waals surface area contributed by atoms with Crippen molar-refractivity contribution in [2.45, 2.75) is 27.2 Å². The zero-order chi connectivity index (χ0) is 22.1. The highest BCUT2D eigenvalue weighted by Gasteiger charge is 2.15. The molecule has 0 fully saturated rings. The number of rotatable bonds is 4. The van der Waals surface area contributed by atoms with Crippen LogP contribution < -0.4 is 10.6 Å². The van der Waals surface area contributed by atoms with Gasteiger partial charge in [-0.3, -0.25) is 10.1 Å². The number of thiocarbonyl (C=S) groups is 1. The second kappa shape index (κ2) is 8.70. The molecule has 2 heterocycles. The predicted octanol–water partition coefficient (Wildman–Crippen LogP) is 4.81. The number of benzene rings is 2. The van der Waals surface area contributed by atoms with Gasteiger partial charge in [0, 0.05) is 17.7 Å². The van der Waals surface area contributed by atoms with Crippen LogP contribution in [0.3, 0.4) is 0 Å². The van der Waals surface area contributed by atoms with Gasteiger partial charge in [-0.05, 0) is 67.5 Å². The fourth-order valence-electron chi connectivity index (χ4n) is 3.06. The van der Waals surface area contributed by atoms with E-state index in [9.17, 15) is 4.79 Å². The Morgan fingerprint density at radius 1 is 1.19 bits per heavy atom. The van der Waals surface area contributed by atoms with Crippen LogP contribution in [-0.4, -0.2) is 30.8 Å². The third-order valence-corrected chi connectivity index (χ3v) is 6.15. The van der Waals surface area contributed by atoms with Crippen LogP contribution in [0.4, 0.5) is 5.69 Å². The van der Waals surface area contributed by atoms with Gasteiger partial charge in [0.25, 0.3) is 5.91 Å². The van der Waals surface area contributed by atoms with Crippen LogP contribution >= 0.6 is 35.2 Å². The minimum absolute atomic E-state index is 0.198. The number of hydrogen-bond acceptors (Lipinski definition) is 6. The van der Waals surface area contributed by atoms with Crippen LogP contribution in [0.2, 0.25) is 5.02 Å². The summed E-state index contributed by atoms with van der Waals surface area (Å²) in [5.74, 6) is 0.477. The van der Waals surface area contributed by atoms with E-state index in [-0.39, 0.29) is 11.0 Å². The number of aromatic nitrogens is 4. The molecule has 2 aromatic carbocycles. The fraction of sp³-hybridized carbons (Fsp3) is 0.190. The highest BCUT2D eigenvalue weighted by molar-refractivity contribution is 7.80. The minimum Gasteiger partial charge on any atom is -0.332 e. The summed E-state index contributed by atoms with van der Waals surface area (Å²) in [5.41, 5.74) is 4.08. The van der Waals surface area contributed by atoms with Crippen LogP contribution in [0.1, 0.15) is 34.2 Å². The molecule has 7 nitrogen and oxygen atoms in total. The van der Waals surface area contributed by atoms with Gasteiger partial charge in [-0.25, -0.2) is 0 Å². The predicted molar refractivity (Wildman–Crippen MR) is 128 cm³/mol. The summed E-state index contributed by atoms with van der Waals surface area (Å²) in [7, 11) is 0. The largest absolute Gasteiger partial charge is 0.332 e. The Labute approximate surface area is 193 Å². The molecule has 0 aliphatic heterocycles. The van der Waals surface area contributed by atoms with Crippen LogP contribution in [-0.2, 0) is 6.42 Å². The molecule has 31 heavy (non-hydrogen) atoms. The maximum Gasteiger partial charge on any atom is 0.258 e. The number of carbonyl (C=O) groups excluding carboxylic acids is 1. The quantitative estimate of drug-likeness (QED) is 0.416. The second-order valence-corrected chi connectivity index (χ2v) is 8.76. The third kappa shape index (κ3) is 4.43. The van der Waals surface area contributed by atoms with Crippen molar-refractivity contribution in [1.82, 2.24) is 25.1 Å². The Balaban J connectivity index is 1.48. The first kappa shape index (κ1) is 21.4. The van der Waals surface area contributed by atoms with Crippen molar-refractivity contribution < 1.29 is 4.79 Å². The highest BCUT2D eigenvalue weighted by atomic mass is 35.5. The maximum atomic E-state index is 12.5. The molecule has 2 N–H and O–H groups in total. The molecule has 0 radical (unpaired) electrons. The summed E-state index contributed by atoms with van der Waals surface area (Å²) in [4.78, 5) is 13.2. The number of aryl methyl sites for hydroxylation is 3. The van der Waals surface area contributed by atoms with Crippen LogP contribution in [0.25, 0.3) is 15.5 Å². The van der Waals surface area contributed by atoms with Crippen molar-refractivity contribution in [2.24, 2.45) is 0 Å². The summed E-state index contributed by atoms with van der Waals surface area (Å²) in [6, 6.07) is 11.1. The second-order valence-electron chi connectivity index (χ2n) is 6.99. The number of fused-ring (bicyclic) bond motifs is 1. The summed E-state index contributed by atoms with van der Waals surface area (Å²) in [6.45, 7) is 5.90. The zero-order valence-electron chi connectivity index (χ0n) is 17.1. The molecule has 0 saturated heterocycles. The van der Waals surface area contributed by atoms with Gasteiger partial charge in [0.2, 0.25) is 4.96 Å². The molecule has 4 aromatic rings. The van der Waals surface area contributed by atoms with E-state index >= 15 is 0 Å². The molecular formula is C21H19ClN6OS2. The first-order chi connectivity index (χ1) is 14.9. The monoisotopic (exact) mass is 470 g/mol. The Kier molecular flexibility index (Phi) is 5.99. The number of amides is 1. The Morgan fingerprint density at radius 2 is 2.00 bits per heavy atom. The molecule has 0 aliphatic carbocycles. The van der Waals surface area contributed by atoms with Crippen molar-refractivity contribution in [3.63, 3.8) is 0 Å². The first-order valence-electron chi connectivity index (χ1n) is 9.56. The van der Waals surface area contributed by atoms with Crippen molar-refractivity contribution in [3.05, 3.63) is 63.9 Å². The summed E-state index contributed by atoms with van der Waals surface area (Å²) in [6.07, 6.45) is 0.767. The van der Waals surface area contributed by atoms with Crippen LogP contribution in [0.15, 0.2) is 36.4 Å². The van der Waals surface area contributed by atoms with E-state index in [2.05, 4.69) is 25.9 Å². The molecule has 0 aliphatic rings. The van der Waals surface area contributed by atoms with Crippen molar-refractivity contribution in [3.8, 4) is 10.6 Å². The van der Waals surface area contributed by atoms with Gasteiger partial charge in [-0.1, -0.05) is 35.9 Å². The lowest BCUT2D eigenvalue weighted by molar-refractivity contribution is 0.0978. The van der Waals surface area contributed by atoms with Crippen LogP contribution in [0, 0.1) is 13.8 Å². The lowest BCUT2D eigenvalue weighted by Gasteiger charge is -2.13. The zero-order valence-corrected chi connectivity index (χ0v) is 19.5. The summed E-state index contributed by atoms with van der Waals surface area (Å²) < 4.78 is 1.78. The van der Waals surface area contributed by atoms with Gasteiger partial charge in [-0.2, -0.15) is 9.61 Å². The van der Waals surface area contributed by atoms with E-state index in [4.69, 9.17) is 23.8 Å². The molecule has 0 bridgehead atoms. The molecule has 158 valence electrons. The molecular weight excluding hydrogens is 452 g/mol. The Hall–Kier alpha value is -2.88. The first-order valence-corrected chi connectivity index (χ1v) is 11.2. The molecule has 0 saturated carbocycles. The molecule has 4 rings (SSSR count). The maximum absolute atomic E-state index is 12.5. The summed E-state index contributed by atoms with van der Waals surface area (Å²) >= 11 is 13.0. The van der Waals surface area contributed by atoms with E-state index in [0.29, 0.717) is 10.6 Å². The standard InChI is InChI=1S/C21H19ClN6OS2/c1-4-17-25-26-21-28(17)27-19(31-21)13-6-8-16(12(3)10-13)23-20(30)24-18(29)14-7-5-11(2)9-15(14)22/h5-10H,4H2,1-3H3,(H2,23,24,29,30). The van der Waals surface area contributed by atoms with Gasteiger partial charge in [0.05, 0.1) is 10.6 Å². The molecule has 0 unspecified atom stereocenters.